The Hall–Kier alpha value is -1.96. The maximum absolute atomic E-state index is 12.0. The quantitative estimate of drug-likeness (QED) is 0.803. The van der Waals surface area contributed by atoms with Crippen molar-refractivity contribution in [3.05, 3.63) is 18.2 Å². The van der Waals surface area contributed by atoms with E-state index in [1.165, 1.54) is 4.31 Å². The smallest absolute Gasteiger partial charge is 0.232 e. The Morgan fingerprint density at radius 3 is 2.61 bits per heavy atom. The van der Waals surface area contributed by atoms with Crippen LogP contribution in [0.5, 0.6) is 11.5 Å². The number of ether oxygens (including phenoxy) is 2. The van der Waals surface area contributed by atoms with Crippen molar-refractivity contribution in [2.24, 2.45) is 0 Å². The minimum absolute atomic E-state index is 0.0804. The summed E-state index contributed by atoms with van der Waals surface area (Å²) >= 11 is 0. The zero-order chi connectivity index (χ0) is 16.9. The molecule has 1 aliphatic heterocycles. The first-order valence-corrected chi connectivity index (χ1v) is 9.40. The Balaban J connectivity index is 2.11. The molecule has 2 rings (SSSR count). The third kappa shape index (κ3) is 4.75. The first-order valence-electron chi connectivity index (χ1n) is 7.56. The number of nitrogens with one attached hydrogen (secondary N) is 1. The number of amides is 1. The number of fused-ring (bicyclic) bond motifs is 1. The van der Waals surface area contributed by atoms with E-state index in [1.807, 2.05) is 6.92 Å². The molecular weight excluding hydrogens is 320 g/mol. The van der Waals surface area contributed by atoms with Gasteiger partial charge in [0.2, 0.25) is 15.9 Å². The predicted molar refractivity (Wildman–Crippen MR) is 87.5 cm³/mol. The van der Waals surface area contributed by atoms with E-state index >= 15 is 0 Å². The van der Waals surface area contributed by atoms with Crippen LogP contribution in [0.3, 0.4) is 0 Å². The van der Waals surface area contributed by atoms with Gasteiger partial charge in [-0.15, -0.1) is 0 Å². The zero-order valence-corrected chi connectivity index (χ0v) is 14.2. The summed E-state index contributed by atoms with van der Waals surface area (Å²) in [5.41, 5.74) is 0.487. The Morgan fingerprint density at radius 2 is 1.96 bits per heavy atom. The van der Waals surface area contributed by atoms with Gasteiger partial charge in [-0.3, -0.25) is 9.10 Å². The standard InChI is InChI=1S/C15H22N2O5S/c1-3-4-15(18)16-7-8-17(23(2,19)20)12-5-6-13-14(11-12)22-10-9-21-13/h5-6,11H,3-4,7-10H2,1-2H3,(H,16,18). The number of rotatable bonds is 7. The maximum atomic E-state index is 12.0. The van der Waals surface area contributed by atoms with Crippen molar-refractivity contribution in [1.82, 2.24) is 5.32 Å². The minimum atomic E-state index is -3.47. The molecule has 1 aromatic carbocycles. The van der Waals surface area contributed by atoms with Crippen LogP contribution >= 0.6 is 0 Å². The first-order chi connectivity index (χ1) is 10.9. The Bertz CT molecular complexity index is 660. The molecule has 0 unspecified atom stereocenters. The topological polar surface area (TPSA) is 84.9 Å². The average molecular weight is 342 g/mol. The van der Waals surface area contributed by atoms with Crippen molar-refractivity contribution in [1.29, 1.82) is 0 Å². The monoisotopic (exact) mass is 342 g/mol. The molecule has 1 aromatic rings. The van der Waals surface area contributed by atoms with Gasteiger partial charge in [0.05, 0.1) is 18.5 Å². The zero-order valence-electron chi connectivity index (χ0n) is 13.4. The molecule has 0 radical (unpaired) electrons. The minimum Gasteiger partial charge on any atom is -0.486 e. The lowest BCUT2D eigenvalue weighted by Crippen LogP contribution is -2.38. The maximum Gasteiger partial charge on any atom is 0.232 e. The third-order valence-corrected chi connectivity index (χ3v) is 4.52. The van der Waals surface area contributed by atoms with Gasteiger partial charge in [0, 0.05) is 19.0 Å². The summed E-state index contributed by atoms with van der Waals surface area (Å²) in [6, 6.07) is 5.00. The van der Waals surface area contributed by atoms with Crippen LogP contribution in [0.15, 0.2) is 18.2 Å². The van der Waals surface area contributed by atoms with E-state index in [2.05, 4.69) is 5.32 Å². The molecule has 128 valence electrons. The van der Waals surface area contributed by atoms with Gasteiger partial charge in [-0.25, -0.2) is 8.42 Å². The van der Waals surface area contributed by atoms with Crippen molar-refractivity contribution in [2.75, 3.05) is 36.9 Å². The van der Waals surface area contributed by atoms with Crippen molar-refractivity contribution in [3.63, 3.8) is 0 Å². The second-order valence-electron chi connectivity index (χ2n) is 5.26. The highest BCUT2D eigenvalue weighted by Crippen LogP contribution is 2.34. The lowest BCUT2D eigenvalue weighted by atomic mass is 10.2. The molecule has 0 atom stereocenters. The normalized spacial score (nSPS) is 13.5. The van der Waals surface area contributed by atoms with Crippen molar-refractivity contribution in [2.45, 2.75) is 19.8 Å². The van der Waals surface area contributed by atoms with Crippen molar-refractivity contribution < 1.29 is 22.7 Å². The van der Waals surface area contributed by atoms with Gasteiger partial charge in [0.25, 0.3) is 0 Å². The molecular formula is C15H22N2O5S. The largest absolute Gasteiger partial charge is 0.486 e. The van der Waals surface area contributed by atoms with Gasteiger partial charge < -0.3 is 14.8 Å². The lowest BCUT2D eigenvalue weighted by molar-refractivity contribution is -0.121. The molecule has 1 heterocycles. The second kappa shape index (κ2) is 7.54. The number of anilines is 1. The summed E-state index contributed by atoms with van der Waals surface area (Å²) in [5.74, 6) is 1.05. The molecule has 0 aromatic heterocycles. The number of hydrogen-bond acceptors (Lipinski definition) is 5. The molecule has 23 heavy (non-hydrogen) atoms. The van der Waals surface area contributed by atoms with Crippen LogP contribution in [-0.4, -0.2) is 46.9 Å². The SMILES string of the molecule is CCCC(=O)NCCN(c1ccc2c(c1)OCCO2)S(C)(=O)=O. The molecule has 0 saturated carbocycles. The van der Waals surface area contributed by atoms with E-state index < -0.39 is 10.0 Å². The van der Waals surface area contributed by atoms with Crippen molar-refractivity contribution >= 4 is 21.6 Å². The van der Waals surface area contributed by atoms with Gasteiger partial charge in [0.1, 0.15) is 13.2 Å². The Kier molecular flexibility index (Phi) is 5.70. The van der Waals surface area contributed by atoms with E-state index in [0.29, 0.717) is 36.8 Å². The van der Waals surface area contributed by atoms with E-state index in [4.69, 9.17) is 9.47 Å². The summed E-state index contributed by atoms with van der Waals surface area (Å²) < 4.78 is 36.3. The van der Waals surface area contributed by atoms with Crippen LogP contribution in [0.25, 0.3) is 0 Å². The van der Waals surface area contributed by atoms with Crippen LogP contribution in [0.4, 0.5) is 5.69 Å². The Morgan fingerprint density at radius 1 is 1.26 bits per heavy atom. The summed E-state index contributed by atoms with van der Waals surface area (Å²) in [6.45, 7) is 3.24. The number of hydrogen-bond donors (Lipinski definition) is 1. The number of nitrogens with zero attached hydrogens (tertiary/aromatic N) is 1. The molecule has 1 amide bonds. The van der Waals surface area contributed by atoms with E-state index in [1.54, 1.807) is 18.2 Å². The van der Waals surface area contributed by atoms with Gasteiger partial charge >= 0.3 is 0 Å². The fourth-order valence-electron chi connectivity index (χ4n) is 2.29. The molecule has 8 heteroatoms. The highest BCUT2D eigenvalue weighted by atomic mass is 32.2. The van der Waals surface area contributed by atoms with Crippen molar-refractivity contribution in [3.8, 4) is 11.5 Å². The van der Waals surface area contributed by atoms with E-state index in [-0.39, 0.29) is 19.0 Å². The molecule has 0 spiro atoms. The molecule has 1 aliphatic rings. The summed E-state index contributed by atoms with van der Waals surface area (Å²) in [6.07, 6.45) is 2.32. The van der Waals surface area contributed by atoms with Gasteiger partial charge in [-0.2, -0.15) is 0 Å². The highest BCUT2D eigenvalue weighted by Gasteiger charge is 2.20. The van der Waals surface area contributed by atoms with Crippen LogP contribution in [-0.2, 0) is 14.8 Å². The number of carbonyl (C=O) groups excluding carboxylic acids is 1. The molecule has 0 bridgehead atoms. The molecule has 0 saturated heterocycles. The van der Waals surface area contributed by atoms with Gasteiger partial charge in [-0.1, -0.05) is 6.92 Å². The lowest BCUT2D eigenvalue weighted by Gasteiger charge is -2.25. The summed E-state index contributed by atoms with van der Waals surface area (Å²) in [4.78, 5) is 11.5. The second-order valence-corrected chi connectivity index (χ2v) is 7.17. The highest BCUT2D eigenvalue weighted by molar-refractivity contribution is 7.92. The number of benzene rings is 1. The molecule has 0 fully saturated rings. The fourth-order valence-corrected chi connectivity index (χ4v) is 3.21. The fraction of sp³-hybridized carbons (Fsp3) is 0.533. The average Bonchev–Trinajstić information content (AvgIpc) is 2.50. The third-order valence-electron chi connectivity index (χ3n) is 3.33. The Labute approximate surface area is 136 Å². The summed E-state index contributed by atoms with van der Waals surface area (Å²) in [5, 5.41) is 2.72. The molecule has 0 aliphatic carbocycles. The van der Waals surface area contributed by atoms with Crippen LogP contribution in [0.1, 0.15) is 19.8 Å². The first kappa shape index (κ1) is 17.4. The summed E-state index contributed by atoms with van der Waals surface area (Å²) in [7, 11) is -3.47. The predicted octanol–water partition coefficient (Wildman–Crippen LogP) is 1.14. The van der Waals surface area contributed by atoms with E-state index in [0.717, 1.165) is 12.7 Å². The van der Waals surface area contributed by atoms with Gasteiger partial charge in [0.15, 0.2) is 11.5 Å². The molecule has 1 N–H and O–H groups in total. The van der Waals surface area contributed by atoms with Crippen LogP contribution in [0.2, 0.25) is 0 Å². The van der Waals surface area contributed by atoms with Gasteiger partial charge in [-0.05, 0) is 18.6 Å². The molecule has 7 nitrogen and oxygen atoms in total. The van der Waals surface area contributed by atoms with Crippen LogP contribution < -0.4 is 19.1 Å². The van der Waals surface area contributed by atoms with E-state index in [9.17, 15) is 13.2 Å². The van der Waals surface area contributed by atoms with Crippen LogP contribution in [0, 0.1) is 0 Å². The number of carbonyl (C=O) groups is 1. The number of sulfonamides is 1.